The first-order valence-corrected chi connectivity index (χ1v) is 9.93. The molecule has 5 nitrogen and oxygen atoms in total. The highest BCUT2D eigenvalue weighted by molar-refractivity contribution is 7.18. The van der Waals surface area contributed by atoms with Gasteiger partial charge in [-0.3, -0.25) is 4.79 Å². The first-order valence-electron chi connectivity index (χ1n) is 9.11. The van der Waals surface area contributed by atoms with Crippen molar-refractivity contribution in [3.63, 3.8) is 0 Å². The van der Waals surface area contributed by atoms with E-state index in [1.165, 1.54) is 17.5 Å². The van der Waals surface area contributed by atoms with Crippen LogP contribution in [0, 0.1) is 13.8 Å². The maximum atomic E-state index is 12.9. The summed E-state index contributed by atoms with van der Waals surface area (Å²) in [6, 6.07) is 14.7. The first kappa shape index (κ1) is 17.6. The maximum absolute atomic E-state index is 12.9. The molecule has 0 bridgehead atoms. The van der Waals surface area contributed by atoms with Crippen molar-refractivity contribution in [3.8, 4) is 22.8 Å². The van der Waals surface area contributed by atoms with Crippen LogP contribution < -0.4 is 10.2 Å². The Bertz CT molecular complexity index is 1420. The Labute approximate surface area is 170 Å². The van der Waals surface area contributed by atoms with E-state index >= 15 is 0 Å². The fourth-order valence-corrected chi connectivity index (χ4v) is 4.32. The van der Waals surface area contributed by atoms with Crippen LogP contribution in [0.2, 0.25) is 0 Å². The van der Waals surface area contributed by atoms with Crippen LogP contribution in [0.4, 0.5) is 0 Å². The van der Waals surface area contributed by atoms with Crippen LogP contribution >= 0.6 is 11.3 Å². The molecule has 0 aliphatic rings. The lowest BCUT2D eigenvalue weighted by molar-refractivity contribution is 0.467. The molecule has 142 valence electrons. The summed E-state index contributed by atoms with van der Waals surface area (Å²) in [6.07, 6.45) is 3.00. The van der Waals surface area contributed by atoms with Crippen LogP contribution in [0.15, 0.2) is 70.3 Å². The van der Waals surface area contributed by atoms with Crippen LogP contribution in [0.1, 0.15) is 10.4 Å². The van der Waals surface area contributed by atoms with E-state index in [0.717, 1.165) is 21.3 Å². The highest BCUT2D eigenvalue weighted by atomic mass is 32.1. The van der Waals surface area contributed by atoms with Crippen molar-refractivity contribution in [2.75, 3.05) is 0 Å². The topological polar surface area (TPSA) is 65.2 Å². The monoisotopic (exact) mass is 400 g/mol. The summed E-state index contributed by atoms with van der Waals surface area (Å²) in [5.41, 5.74) is 2.87. The number of benzene rings is 2. The van der Waals surface area contributed by atoms with Gasteiger partial charge in [0.05, 0.1) is 16.3 Å². The molecule has 0 fully saturated rings. The molecule has 3 heterocycles. The number of hydrogen-bond acceptors (Lipinski definition) is 6. The zero-order valence-corrected chi connectivity index (χ0v) is 16.6. The lowest BCUT2D eigenvalue weighted by Crippen LogP contribution is -2.04. The minimum absolute atomic E-state index is 0.0715. The van der Waals surface area contributed by atoms with E-state index in [1.807, 2.05) is 37.3 Å². The van der Waals surface area contributed by atoms with Gasteiger partial charge in [-0.05, 0) is 37.1 Å². The van der Waals surface area contributed by atoms with Gasteiger partial charge in [-0.25, -0.2) is 9.97 Å². The number of thiophene rings is 1. The molecular weight excluding hydrogens is 384 g/mol. The minimum atomic E-state index is -0.0715. The molecule has 0 atom stereocenters. The molecule has 0 saturated carbocycles. The molecule has 2 aromatic carbocycles. The fourth-order valence-electron chi connectivity index (χ4n) is 3.33. The summed E-state index contributed by atoms with van der Waals surface area (Å²) in [6.45, 7) is 4.09. The average Bonchev–Trinajstić information content (AvgIpc) is 3.03. The van der Waals surface area contributed by atoms with Gasteiger partial charge in [0.25, 0.3) is 0 Å². The van der Waals surface area contributed by atoms with Gasteiger partial charge in [-0.15, -0.1) is 11.3 Å². The van der Waals surface area contributed by atoms with E-state index in [0.29, 0.717) is 28.2 Å². The summed E-state index contributed by atoms with van der Waals surface area (Å²) in [5.74, 6) is 1.05. The van der Waals surface area contributed by atoms with E-state index in [-0.39, 0.29) is 5.43 Å². The summed E-state index contributed by atoms with van der Waals surface area (Å²) in [7, 11) is 0. The Hall–Kier alpha value is -3.51. The van der Waals surface area contributed by atoms with Crippen molar-refractivity contribution >= 4 is 32.5 Å². The number of hydrogen-bond donors (Lipinski definition) is 0. The molecule has 0 N–H and O–H groups in total. The van der Waals surface area contributed by atoms with Crippen LogP contribution in [0.25, 0.3) is 32.3 Å². The number of nitrogens with zero attached hydrogens (tertiary/aromatic N) is 2. The van der Waals surface area contributed by atoms with E-state index in [9.17, 15) is 4.79 Å². The smallest absolute Gasteiger partial charge is 0.231 e. The second-order valence-electron chi connectivity index (χ2n) is 6.75. The third-order valence-electron chi connectivity index (χ3n) is 4.98. The number of aromatic nitrogens is 2. The quantitative estimate of drug-likeness (QED) is 0.379. The molecule has 29 heavy (non-hydrogen) atoms. The van der Waals surface area contributed by atoms with E-state index in [1.54, 1.807) is 29.5 Å². The van der Waals surface area contributed by atoms with Crippen molar-refractivity contribution in [1.29, 1.82) is 0 Å². The SMILES string of the molecule is Cc1sc2ncnc(Oc3ccc4c(=O)c(-c5ccccc5)coc4c3)c2c1C. The molecule has 5 aromatic rings. The van der Waals surface area contributed by atoms with Crippen LogP contribution in [-0.4, -0.2) is 9.97 Å². The lowest BCUT2D eigenvalue weighted by atomic mass is 10.1. The Kier molecular flexibility index (Phi) is 4.14. The summed E-state index contributed by atoms with van der Waals surface area (Å²) in [5, 5.41) is 1.42. The second kappa shape index (κ2) is 6.83. The van der Waals surface area contributed by atoms with Gasteiger partial charge >= 0.3 is 0 Å². The molecule has 5 rings (SSSR count). The average molecular weight is 400 g/mol. The normalized spacial score (nSPS) is 11.2. The van der Waals surface area contributed by atoms with Gasteiger partial charge < -0.3 is 9.15 Å². The van der Waals surface area contributed by atoms with Crippen molar-refractivity contribution in [3.05, 3.63) is 81.8 Å². The predicted octanol–water partition coefficient (Wildman–Crippen LogP) is 5.87. The molecule has 0 spiro atoms. The summed E-state index contributed by atoms with van der Waals surface area (Å²) >= 11 is 1.62. The molecule has 0 aliphatic carbocycles. The molecule has 0 amide bonds. The summed E-state index contributed by atoms with van der Waals surface area (Å²) < 4.78 is 11.8. The van der Waals surface area contributed by atoms with Crippen LogP contribution in [0.5, 0.6) is 11.6 Å². The van der Waals surface area contributed by atoms with Gasteiger partial charge in [-0.1, -0.05) is 30.3 Å². The maximum Gasteiger partial charge on any atom is 0.231 e. The van der Waals surface area contributed by atoms with Gasteiger partial charge in [-0.2, -0.15) is 0 Å². The predicted molar refractivity (Wildman–Crippen MR) is 115 cm³/mol. The Balaban J connectivity index is 1.57. The fraction of sp³-hybridized carbons (Fsp3) is 0.0870. The summed E-state index contributed by atoms with van der Waals surface area (Å²) in [4.78, 5) is 23.6. The van der Waals surface area contributed by atoms with E-state index in [2.05, 4.69) is 16.9 Å². The number of ether oxygens (including phenoxy) is 1. The Morgan fingerprint density at radius 1 is 1.03 bits per heavy atom. The molecule has 0 radical (unpaired) electrons. The van der Waals surface area contributed by atoms with Gasteiger partial charge in [0.1, 0.15) is 28.8 Å². The van der Waals surface area contributed by atoms with E-state index < -0.39 is 0 Å². The van der Waals surface area contributed by atoms with Gasteiger partial charge in [0, 0.05) is 10.9 Å². The Morgan fingerprint density at radius 2 is 1.86 bits per heavy atom. The third kappa shape index (κ3) is 2.98. The van der Waals surface area contributed by atoms with Crippen molar-refractivity contribution in [2.45, 2.75) is 13.8 Å². The lowest BCUT2D eigenvalue weighted by Gasteiger charge is -2.08. The van der Waals surface area contributed by atoms with Crippen molar-refractivity contribution in [2.24, 2.45) is 0 Å². The number of rotatable bonds is 3. The molecule has 0 saturated heterocycles. The first-order chi connectivity index (χ1) is 14.1. The molecule has 6 heteroatoms. The highest BCUT2D eigenvalue weighted by Gasteiger charge is 2.15. The largest absolute Gasteiger partial charge is 0.463 e. The second-order valence-corrected chi connectivity index (χ2v) is 7.95. The van der Waals surface area contributed by atoms with Crippen LogP contribution in [-0.2, 0) is 0 Å². The third-order valence-corrected chi connectivity index (χ3v) is 6.09. The molecule has 3 aromatic heterocycles. The number of aryl methyl sites for hydroxylation is 2. The van der Waals surface area contributed by atoms with Crippen molar-refractivity contribution in [1.82, 2.24) is 9.97 Å². The van der Waals surface area contributed by atoms with Crippen molar-refractivity contribution < 1.29 is 9.15 Å². The Morgan fingerprint density at radius 3 is 2.69 bits per heavy atom. The molecular formula is C23H16N2O3S. The van der Waals surface area contributed by atoms with E-state index in [4.69, 9.17) is 9.15 Å². The zero-order valence-electron chi connectivity index (χ0n) is 15.8. The zero-order chi connectivity index (χ0) is 20.0. The standard InChI is InChI=1S/C23H16N2O3S/c1-13-14(2)29-23-20(13)22(24-12-25-23)28-16-8-9-17-19(10-16)27-11-18(21(17)26)15-6-4-3-5-7-15/h3-12H,1-2H3. The van der Waals surface area contributed by atoms with Gasteiger partial charge in [0.15, 0.2) is 5.43 Å². The highest BCUT2D eigenvalue weighted by Crippen LogP contribution is 2.36. The van der Waals surface area contributed by atoms with Crippen LogP contribution in [0.3, 0.4) is 0 Å². The minimum Gasteiger partial charge on any atom is -0.463 e. The number of fused-ring (bicyclic) bond motifs is 2. The molecule has 0 unspecified atom stereocenters. The molecule has 0 aliphatic heterocycles. The van der Waals surface area contributed by atoms with Gasteiger partial charge in [0.2, 0.25) is 5.88 Å².